The van der Waals surface area contributed by atoms with Gasteiger partial charge in [-0.3, -0.25) is 0 Å². The topological polar surface area (TPSA) is 29.5 Å². The molecule has 1 unspecified atom stereocenters. The molecule has 0 amide bonds. The molecule has 0 spiro atoms. The lowest BCUT2D eigenvalue weighted by Gasteiger charge is -2.18. The zero-order valence-corrected chi connectivity index (χ0v) is 8.83. The lowest BCUT2D eigenvalue weighted by Crippen LogP contribution is -2.17. The van der Waals surface area contributed by atoms with Gasteiger partial charge in [-0.2, -0.15) is 0 Å². The summed E-state index contributed by atoms with van der Waals surface area (Å²) in [4.78, 5) is 0. The normalized spacial score (nSPS) is 23.1. The first kappa shape index (κ1) is 9.22. The van der Waals surface area contributed by atoms with Gasteiger partial charge >= 0.3 is 0 Å². The van der Waals surface area contributed by atoms with Gasteiger partial charge in [0.25, 0.3) is 0 Å². The first-order valence-electron chi connectivity index (χ1n) is 5.79. The van der Waals surface area contributed by atoms with Crippen molar-refractivity contribution in [3.8, 4) is 5.75 Å². The summed E-state index contributed by atoms with van der Waals surface area (Å²) in [6, 6.07) is 4.42. The Morgan fingerprint density at radius 2 is 2.00 bits per heavy atom. The van der Waals surface area contributed by atoms with Crippen molar-refractivity contribution in [3.63, 3.8) is 0 Å². The van der Waals surface area contributed by atoms with E-state index < -0.39 is 0 Å². The molecular weight excluding hydrogens is 188 g/mol. The van der Waals surface area contributed by atoms with Crippen molar-refractivity contribution in [2.45, 2.75) is 38.2 Å². The van der Waals surface area contributed by atoms with Crippen LogP contribution in [0.15, 0.2) is 12.1 Å². The van der Waals surface area contributed by atoms with Crippen LogP contribution in [0.5, 0.6) is 5.75 Å². The summed E-state index contributed by atoms with van der Waals surface area (Å²) >= 11 is 0. The third kappa shape index (κ3) is 1.44. The number of aliphatic hydroxyl groups is 1. The quantitative estimate of drug-likeness (QED) is 0.756. The first-order chi connectivity index (χ1) is 7.38. The molecule has 0 bridgehead atoms. The molecule has 0 fully saturated rings. The van der Waals surface area contributed by atoms with Crippen molar-refractivity contribution in [3.05, 3.63) is 28.8 Å². The van der Waals surface area contributed by atoms with Crippen LogP contribution in [-0.2, 0) is 19.3 Å². The Morgan fingerprint density at radius 3 is 2.87 bits per heavy atom. The lowest BCUT2D eigenvalue weighted by molar-refractivity contribution is 0.133. The van der Waals surface area contributed by atoms with E-state index in [4.69, 9.17) is 9.84 Å². The minimum atomic E-state index is -0.00609. The number of hydrogen-bond acceptors (Lipinski definition) is 2. The van der Waals surface area contributed by atoms with Crippen LogP contribution in [0.25, 0.3) is 0 Å². The van der Waals surface area contributed by atoms with E-state index in [1.807, 2.05) is 0 Å². The van der Waals surface area contributed by atoms with Gasteiger partial charge in [-0.25, -0.2) is 0 Å². The van der Waals surface area contributed by atoms with Gasteiger partial charge in [0.1, 0.15) is 11.9 Å². The van der Waals surface area contributed by atoms with Gasteiger partial charge in [0.2, 0.25) is 0 Å². The average molecular weight is 204 g/mol. The highest BCUT2D eigenvalue weighted by molar-refractivity contribution is 5.50. The molecule has 80 valence electrons. The lowest BCUT2D eigenvalue weighted by atomic mass is 9.89. The standard InChI is InChI=1S/C13H16O2/c14-8-11-7-10-6-5-9-3-1-2-4-12(9)13(10)15-11/h5-6,11,14H,1-4,7-8H2. The molecule has 1 aliphatic carbocycles. The zero-order chi connectivity index (χ0) is 10.3. The second kappa shape index (κ2) is 3.53. The molecule has 1 aromatic carbocycles. The van der Waals surface area contributed by atoms with Crippen molar-refractivity contribution < 1.29 is 9.84 Å². The second-order valence-electron chi connectivity index (χ2n) is 4.53. The SMILES string of the molecule is OCC1Cc2ccc3c(c2O1)CCCC3. The van der Waals surface area contributed by atoms with E-state index in [0.717, 1.165) is 18.6 Å². The molecule has 1 aromatic rings. The molecule has 0 saturated heterocycles. The van der Waals surface area contributed by atoms with Crippen molar-refractivity contribution in [2.24, 2.45) is 0 Å². The van der Waals surface area contributed by atoms with Crippen LogP contribution >= 0.6 is 0 Å². The van der Waals surface area contributed by atoms with Gasteiger partial charge in [-0.15, -0.1) is 0 Å². The van der Waals surface area contributed by atoms with Crippen LogP contribution in [0.1, 0.15) is 29.5 Å². The number of aliphatic hydroxyl groups excluding tert-OH is 1. The van der Waals surface area contributed by atoms with Gasteiger partial charge in [0.15, 0.2) is 0 Å². The maximum absolute atomic E-state index is 9.12. The summed E-state index contributed by atoms with van der Waals surface area (Å²) in [7, 11) is 0. The van der Waals surface area contributed by atoms with Gasteiger partial charge in [0.05, 0.1) is 6.61 Å². The van der Waals surface area contributed by atoms with Gasteiger partial charge in [-0.05, 0) is 42.4 Å². The number of aryl methyl sites for hydroxylation is 1. The molecule has 0 radical (unpaired) electrons. The van der Waals surface area contributed by atoms with Crippen LogP contribution in [0.3, 0.4) is 0 Å². The van der Waals surface area contributed by atoms with Crippen molar-refractivity contribution >= 4 is 0 Å². The van der Waals surface area contributed by atoms with Crippen LogP contribution in [-0.4, -0.2) is 17.8 Å². The summed E-state index contributed by atoms with van der Waals surface area (Å²) in [6.07, 6.45) is 5.78. The smallest absolute Gasteiger partial charge is 0.126 e. The molecule has 2 heteroatoms. The Bertz CT molecular complexity index is 384. The largest absolute Gasteiger partial charge is 0.487 e. The summed E-state index contributed by atoms with van der Waals surface area (Å²) in [5, 5.41) is 9.12. The van der Waals surface area contributed by atoms with Crippen LogP contribution in [0, 0.1) is 0 Å². The summed E-state index contributed by atoms with van der Waals surface area (Å²) < 4.78 is 5.80. The third-order valence-corrected chi connectivity index (χ3v) is 3.50. The highest BCUT2D eigenvalue weighted by atomic mass is 16.5. The molecule has 1 atom stereocenters. The molecule has 1 aliphatic heterocycles. The minimum absolute atomic E-state index is 0.00609. The van der Waals surface area contributed by atoms with Gasteiger partial charge in [0, 0.05) is 6.42 Å². The number of benzene rings is 1. The zero-order valence-electron chi connectivity index (χ0n) is 8.83. The first-order valence-corrected chi connectivity index (χ1v) is 5.79. The van der Waals surface area contributed by atoms with E-state index in [9.17, 15) is 0 Å². The maximum Gasteiger partial charge on any atom is 0.126 e. The van der Waals surface area contributed by atoms with Gasteiger partial charge in [-0.1, -0.05) is 12.1 Å². The number of fused-ring (bicyclic) bond motifs is 3. The fraction of sp³-hybridized carbons (Fsp3) is 0.538. The minimum Gasteiger partial charge on any atom is -0.487 e. The van der Waals surface area contributed by atoms with Crippen molar-refractivity contribution in [1.29, 1.82) is 0 Å². The van der Waals surface area contributed by atoms with Gasteiger partial charge < -0.3 is 9.84 Å². The molecule has 1 N–H and O–H groups in total. The summed E-state index contributed by atoms with van der Waals surface area (Å²) in [6.45, 7) is 0.128. The second-order valence-corrected chi connectivity index (χ2v) is 4.53. The van der Waals surface area contributed by atoms with Crippen molar-refractivity contribution in [1.82, 2.24) is 0 Å². The Balaban J connectivity index is 2.02. The number of hydrogen-bond donors (Lipinski definition) is 1. The third-order valence-electron chi connectivity index (χ3n) is 3.50. The Morgan fingerprint density at radius 1 is 1.20 bits per heavy atom. The Labute approximate surface area is 89.9 Å². The fourth-order valence-electron chi connectivity index (χ4n) is 2.71. The predicted molar refractivity (Wildman–Crippen MR) is 58.3 cm³/mol. The predicted octanol–water partition coefficient (Wildman–Crippen LogP) is 1.86. The number of rotatable bonds is 1. The Hall–Kier alpha value is -1.02. The molecule has 2 aliphatic rings. The molecule has 1 heterocycles. The van der Waals surface area contributed by atoms with E-state index in [1.165, 1.54) is 36.0 Å². The van der Waals surface area contributed by atoms with E-state index in [1.54, 1.807) is 0 Å². The van der Waals surface area contributed by atoms with Crippen LogP contribution in [0.4, 0.5) is 0 Å². The van der Waals surface area contributed by atoms with E-state index in [2.05, 4.69) is 12.1 Å². The van der Waals surface area contributed by atoms with Crippen molar-refractivity contribution in [2.75, 3.05) is 6.61 Å². The molecule has 0 saturated carbocycles. The van der Waals surface area contributed by atoms with E-state index >= 15 is 0 Å². The highest BCUT2D eigenvalue weighted by Gasteiger charge is 2.26. The fourth-order valence-corrected chi connectivity index (χ4v) is 2.71. The highest BCUT2D eigenvalue weighted by Crippen LogP contribution is 2.37. The Kier molecular flexibility index (Phi) is 2.17. The van der Waals surface area contributed by atoms with Crippen LogP contribution in [0.2, 0.25) is 0 Å². The summed E-state index contributed by atoms with van der Waals surface area (Å²) in [5.41, 5.74) is 4.16. The monoisotopic (exact) mass is 204 g/mol. The van der Waals surface area contributed by atoms with E-state index in [-0.39, 0.29) is 12.7 Å². The molecule has 2 nitrogen and oxygen atoms in total. The molecule has 15 heavy (non-hydrogen) atoms. The van der Waals surface area contributed by atoms with Crippen LogP contribution < -0.4 is 4.74 Å². The molecule has 3 rings (SSSR count). The molecular formula is C13H16O2. The number of ether oxygens (including phenoxy) is 1. The maximum atomic E-state index is 9.12. The average Bonchev–Trinajstić information content (AvgIpc) is 2.72. The summed E-state index contributed by atoms with van der Waals surface area (Å²) in [5.74, 6) is 1.09. The molecule has 0 aromatic heterocycles. The van der Waals surface area contributed by atoms with E-state index in [0.29, 0.717) is 0 Å².